The molecule has 0 radical (unpaired) electrons. The smallest absolute Gasteiger partial charge is 0.190 e. The fraction of sp³-hybridized carbons (Fsp3) is 0.471. The topological polar surface area (TPSA) is 41.4 Å². The first kappa shape index (κ1) is 18.8. The summed E-state index contributed by atoms with van der Waals surface area (Å²) in [6.45, 7) is 7.27. The van der Waals surface area contributed by atoms with Crippen LogP contribution >= 0.6 is 24.0 Å². The fourth-order valence-electron chi connectivity index (χ4n) is 2.31. The van der Waals surface area contributed by atoms with Crippen molar-refractivity contribution >= 4 is 40.8 Å². The summed E-state index contributed by atoms with van der Waals surface area (Å²) in [4.78, 5) is 4.23. The summed E-state index contributed by atoms with van der Waals surface area (Å²) in [5.74, 6) is 1.51. The summed E-state index contributed by atoms with van der Waals surface area (Å²) in [7, 11) is 1.81. The summed E-state index contributed by atoms with van der Waals surface area (Å²) in [6.07, 6.45) is 3.23. The summed E-state index contributed by atoms with van der Waals surface area (Å²) >= 11 is 0. The third-order valence-electron chi connectivity index (χ3n) is 3.45. The van der Waals surface area contributed by atoms with Gasteiger partial charge in [0.05, 0.1) is 0 Å². The van der Waals surface area contributed by atoms with Crippen LogP contribution in [0.1, 0.15) is 20.3 Å². The van der Waals surface area contributed by atoms with Crippen molar-refractivity contribution in [3.8, 4) is 0 Å². The van der Waals surface area contributed by atoms with Gasteiger partial charge in [0.1, 0.15) is 0 Å². The molecule has 0 atom stereocenters. The normalized spacial score (nSPS) is 11.5. The highest BCUT2D eigenvalue weighted by molar-refractivity contribution is 14.0. The van der Waals surface area contributed by atoms with Crippen LogP contribution in [0.15, 0.2) is 41.5 Å². The molecule has 4 nitrogen and oxygen atoms in total. The first-order chi connectivity index (χ1) is 10.2. The van der Waals surface area contributed by atoms with Crippen molar-refractivity contribution in [2.24, 2.45) is 10.9 Å². The van der Waals surface area contributed by atoms with Gasteiger partial charge in [0.15, 0.2) is 5.96 Å². The van der Waals surface area contributed by atoms with Crippen LogP contribution in [-0.4, -0.2) is 30.7 Å². The molecule has 0 bridgehead atoms. The number of aromatic nitrogens is 1. The molecule has 5 heteroatoms. The van der Waals surface area contributed by atoms with Crippen molar-refractivity contribution in [1.82, 2.24) is 15.2 Å². The lowest BCUT2D eigenvalue weighted by Crippen LogP contribution is -2.39. The minimum absolute atomic E-state index is 0. The van der Waals surface area contributed by atoms with Gasteiger partial charge in [0.2, 0.25) is 0 Å². The fourth-order valence-corrected chi connectivity index (χ4v) is 2.31. The number of nitrogens with one attached hydrogen (secondary N) is 2. The standard InChI is InChI=1S/C17H26N4.HI/c1-14(2)13-20-17(18-3)19-10-6-11-21-12-9-15-7-4-5-8-16(15)21;/h4-5,7-9,12,14H,6,10-11,13H2,1-3H3,(H2,18,19,20);1H. The Hall–Kier alpha value is -1.24. The van der Waals surface area contributed by atoms with E-state index in [-0.39, 0.29) is 24.0 Å². The van der Waals surface area contributed by atoms with Crippen molar-refractivity contribution < 1.29 is 0 Å². The SMILES string of the molecule is CN=C(NCCCn1ccc2ccccc21)NCC(C)C.I. The monoisotopic (exact) mass is 414 g/mol. The Bertz CT molecular complexity index is 589. The van der Waals surface area contributed by atoms with Crippen LogP contribution < -0.4 is 10.6 Å². The molecule has 1 aromatic carbocycles. The van der Waals surface area contributed by atoms with Gasteiger partial charge in [-0.1, -0.05) is 32.0 Å². The van der Waals surface area contributed by atoms with Crippen LogP contribution in [0.25, 0.3) is 10.9 Å². The van der Waals surface area contributed by atoms with Crippen LogP contribution in [-0.2, 0) is 6.54 Å². The molecule has 1 aromatic heterocycles. The first-order valence-corrected chi connectivity index (χ1v) is 7.69. The lowest BCUT2D eigenvalue weighted by molar-refractivity contribution is 0.604. The number of nitrogens with zero attached hydrogens (tertiary/aromatic N) is 2. The number of para-hydroxylation sites is 1. The highest BCUT2D eigenvalue weighted by Crippen LogP contribution is 2.15. The van der Waals surface area contributed by atoms with Crippen molar-refractivity contribution in [3.05, 3.63) is 36.5 Å². The average Bonchev–Trinajstić information content (AvgIpc) is 2.90. The molecule has 122 valence electrons. The predicted molar refractivity (Wildman–Crippen MR) is 106 cm³/mol. The second-order valence-electron chi connectivity index (χ2n) is 5.70. The van der Waals surface area contributed by atoms with Crippen LogP contribution in [0.3, 0.4) is 0 Å². The maximum atomic E-state index is 4.23. The molecule has 0 amide bonds. The Labute approximate surface area is 150 Å². The number of halogens is 1. The van der Waals surface area contributed by atoms with Crippen molar-refractivity contribution in [3.63, 3.8) is 0 Å². The number of hydrogen-bond donors (Lipinski definition) is 2. The average molecular weight is 414 g/mol. The van der Waals surface area contributed by atoms with E-state index in [9.17, 15) is 0 Å². The van der Waals surface area contributed by atoms with Crippen molar-refractivity contribution in [2.75, 3.05) is 20.1 Å². The molecule has 0 saturated heterocycles. The van der Waals surface area contributed by atoms with Gasteiger partial charge in [0, 0.05) is 38.4 Å². The van der Waals surface area contributed by atoms with E-state index in [0.29, 0.717) is 5.92 Å². The van der Waals surface area contributed by atoms with E-state index in [1.54, 1.807) is 0 Å². The summed E-state index contributed by atoms with van der Waals surface area (Å²) in [6, 6.07) is 10.7. The van der Waals surface area contributed by atoms with Crippen molar-refractivity contribution in [1.29, 1.82) is 0 Å². The first-order valence-electron chi connectivity index (χ1n) is 7.69. The molecule has 1 heterocycles. The molecular weight excluding hydrogens is 387 g/mol. The molecule has 2 rings (SSSR count). The van der Waals surface area contributed by atoms with Crippen LogP contribution in [0, 0.1) is 5.92 Å². The molecule has 0 aliphatic carbocycles. The number of guanidine groups is 1. The van der Waals surface area contributed by atoms with Gasteiger partial charge < -0.3 is 15.2 Å². The van der Waals surface area contributed by atoms with Gasteiger partial charge >= 0.3 is 0 Å². The molecule has 22 heavy (non-hydrogen) atoms. The highest BCUT2D eigenvalue weighted by atomic mass is 127. The second-order valence-corrected chi connectivity index (χ2v) is 5.70. The van der Waals surface area contributed by atoms with E-state index in [2.05, 4.69) is 70.6 Å². The van der Waals surface area contributed by atoms with Gasteiger partial charge in [-0.05, 0) is 29.9 Å². The Balaban J connectivity index is 0.00000242. The van der Waals surface area contributed by atoms with Crippen molar-refractivity contribution in [2.45, 2.75) is 26.8 Å². The van der Waals surface area contributed by atoms with E-state index in [4.69, 9.17) is 0 Å². The highest BCUT2D eigenvalue weighted by Gasteiger charge is 2.01. The minimum atomic E-state index is 0. The van der Waals surface area contributed by atoms with E-state index >= 15 is 0 Å². The number of rotatable bonds is 6. The Morgan fingerprint density at radius 3 is 2.68 bits per heavy atom. The molecule has 2 N–H and O–H groups in total. The molecule has 2 aromatic rings. The van der Waals surface area contributed by atoms with Gasteiger partial charge in [-0.3, -0.25) is 4.99 Å². The third-order valence-corrected chi connectivity index (χ3v) is 3.45. The van der Waals surface area contributed by atoms with Gasteiger partial charge in [-0.25, -0.2) is 0 Å². The van der Waals surface area contributed by atoms with Crippen LogP contribution in [0.5, 0.6) is 0 Å². The number of hydrogen-bond acceptors (Lipinski definition) is 1. The third kappa shape index (κ3) is 5.51. The van der Waals surface area contributed by atoms with E-state index in [1.807, 2.05) is 7.05 Å². The maximum absolute atomic E-state index is 4.23. The molecule has 0 saturated carbocycles. The molecule has 0 unspecified atom stereocenters. The van der Waals surface area contributed by atoms with E-state index in [1.165, 1.54) is 10.9 Å². The Morgan fingerprint density at radius 1 is 1.18 bits per heavy atom. The maximum Gasteiger partial charge on any atom is 0.190 e. The number of aliphatic imine (C=N–C) groups is 1. The zero-order valence-corrected chi connectivity index (χ0v) is 16.0. The van der Waals surface area contributed by atoms with Crippen LogP contribution in [0.4, 0.5) is 0 Å². The van der Waals surface area contributed by atoms with E-state index in [0.717, 1.165) is 32.0 Å². The second kappa shape index (κ2) is 9.71. The number of fused-ring (bicyclic) bond motifs is 1. The number of aryl methyl sites for hydroxylation is 1. The lowest BCUT2D eigenvalue weighted by atomic mass is 10.2. The zero-order valence-electron chi connectivity index (χ0n) is 13.7. The molecule has 0 aliphatic heterocycles. The number of benzene rings is 1. The van der Waals surface area contributed by atoms with Crippen LogP contribution in [0.2, 0.25) is 0 Å². The predicted octanol–water partition coefficient (Wildman–Crippen LogP) is 3.47. The van der Waals surface area contributed by atoms with Gasteiger partial charge in [0.25, 0.3) is 0 Å². The van der Waals surface area contributed by atoms with E-state index < -0.39 is 0 Å². The zero-order chi connectivity index (χ0) is 15.1. The largest absolute Gasteiger partial charge is 0.356 e. The molecule has 0 spiro atoms. The van der Waals surface area contributed by atoms with Gasteiger partial charge in [-0.15, -0.1) is 24.0 Å². The summed E-state index contributed by atoms with van der Waals surface area (Å²) in [5, 5.41) is 7.99. The quantitative estimate of drug-likeness (QED) is 0.329. The molecule has 0 aliphatic rings. The molecular formula is C17H27IN4. The lowest BCUT2D eigenvalue weighted by Gasteiger charge is -2.13. The van der Waals surface area contributed by atoms with Gasteiger partial charge in [-0.2, -0.15) is 0 Å². The summed E-state index contributed by atoms with van der Waals surface area (Å²) in [5.41, 5.74) is 1.31. The summed E-state index contributed by atoms with van der Waals surface area (Å²) < 4.78 is 2.31. The Morgan fingerprint density at radius 2 is 1.95 bits per heavy atom. The minimum Gasteiger partial charge on any atom is -0.356 e. The Kier molecular flexibility index (Phi) is 8.30. The molecule has 0 fully saturated rings.